The maximum Gasteiger partial charge on any atom is 0.573 e. The molecule has 0 bridgehead atoms. The Kier molecular flexibility index (Phi) is 5.79. The summed E-state index contributed by atoms with van der Waals surface area (Å²) in [6, 6.07) is 4.85. The summed E-state index contributed by atoms with van der Waals surface area (Å²) in [4.78, 5) is 2.03. The zero-order valence-corrected chi connectivity index (χ0v) is 17.6. The molecule has 2 aliphatic rings. The number of ether oxygens (including phenoxy) is 1. The van der Waals surface area contributed by atoms with Crippen LogP contribution < -0.4 is 14.9 Å². The Morgan fingerprint density at radius 2 is 1.97 bits per heavy atom. The first-order valence-corrected chi connectivity index (χ1v) is 11.5. The monoisotopic (exact) mass is 471 g/mol. The average Bonchev–Trinajstić information content (AvgIpc) is 3.37. The zero-order valence-electron chi connectivity index (χ0n) is 15.9. The molecule has 10 nitrogen and oxygen atoms in total. The minimum Gasteiger partial charge on any atom is -0.406 e. The molecule has 0 radical (unpaired) electrons. The van der Waals surface area contributed by atoms with Gasteiger partial charge in [-0.3, -0.25) is 0 Å². The third-order valence-electron chi connectivity index (χ3n) is 4.47. The number of rotatable bonds is 8. The van der Waals surface area contributed by atoms with Crippen molar-refractivity contribution >= 4 is 26.6 Å². The van der Waals surface area contributed by atoms with Gasteiger partial charge >= 0.3 is 16.6 Å². The molecule has 1 aliphatic heterocycles. The van der Waals surface area contributed by atoms with Gasteiger partial charge in [0.1, 0.15) is 12.1 Å². The number of hydrazine groups is 1. The van der Waals surface area contributed by atoms with Gasteiger partial charge in [-0.1, -0.05) is 12.1 Å². The molecule has 0 saturated heterocycles. The van der Waals surface area contributed by atoms with Crippen molar-refractivity contribution in [3.63, 3.8) is 0 Å². The van der Waals surface area contributed by atoms with E-state index < -0.39 is 43.3 Å². The standard InChI is InChI=1S/C15H20F3N5O5S2/c1-22(2)30(26,27)23-10-19-14(21-23,12-6-7-12)29(24,25)20-9-11-4-3-5-13(8-11)28-15(16,17)18/h3-5,8,10,12,20-21H,6-7,9H2,1-2H3. The quantitative estimate of drug-likeness (QED) is 0.577. The number of sulfonamides is 1. The van der Waals surface area contributed by atoms with Crippen LogP contribution in [-0.2, 0) is 26.8 Å². The Morgan fingerprint density at radius 3 is 2.53 bits per heavy atom. The Morgan fingerprint density at radius 1 is 1.30 bits per heavy atom. The lowest BCUT2D eigenvalue weighted by molar-refractivity contribution is -0.274. The van der Waals surface area contributed by atoms with Crippen molar-refractivity contribution in [2.45, 2.75) is 30.7 Å². The van der Waals surface area contributed by atoms with E-state index in [-0.39, 0.29) is 12.1 Å². The molecule has 1 heterocycles. The van der Waals surface area contributed by atoms with Crippen LogP contribution in [0, 0.1) is 5.92 Å². The highest BCUT2D eigenvalue weighted by atomic mass is 32.2. The predicted octanol–water partition coefficient (Wildman–Crippen LogP) is 0.723. The molecule has 1 fully saturated rings. The molecule has 3 rings (SSSR count). The lowest BCUT2D eigenvalue weighted by atomic mass is 10.2. The molecule has 1 saturated carbocycles. The summed E-state index contributed by atoms with van der Waals surface area (Å²) in [5.41, 5.74) is 2.68. The molecule has 0 amide bonds. The van der Waals surface area contributed by atoms with Crippen LogP contribution in [0.25, 0.3) is 0 Å². The first-order valence-electron chi connectivity index (χ1n) is 8.66. The molecular weight excluding hydrogens is 451 g/mol. The number of hydrogen-bond donors (Lipinski definition) is 2. The average molecular weight is 471 g/mol. The molecule has 30 heavy (non-hydrogen) atoms. The molecule has 168 valence electrons. The van der Waals surface area contributed by atoms with E-state index in [2.05, 4.69) is 19.9 Å². The van der Waals surface area contributed by atoms with Gasteiger partial charge in [0.15, 0.2) is 0 Å². The molecule has 1 aromatic carbocycles. The van der Waals surface area contributed by atoms with Gasteiger partial charge in [-0.25, -0.2) is 18.1 Å². The summed E-state index contributed by atoms with van der Waals surface area (Å²) in [6.07, 6.45) is -2.96. The van der Waals surface area contributed by atoms with Crippen LogP contribution in [0.4, 0.5) is 13.2 Å². The van der Waals surface area contributed by atoms with E-state index in [1.807, 2.05) is 0 Å². The second-order valence-corrected chi connectivity index (χ2v) is 10.9. The van der Waals surface area contributed by atoms with Crippen molar-refractivity contribution in [1.82, 2.24) is 18.9 Å². The maximum absolute atomic E-state index is 13.0. The van der Waals surface area contributed by atoms with E-state index in [0.29, 0.717) is 17.3 Å². The lowest BCUT2D eigenvalue weighted by Gasteiger charge is -2.29. The highest BCUT2D eigenvalue weighted by Gasteiger charge is 2.59. The first-order chi connectivity index (χ1) is 13.8. The Hall–Kier alpha value is -1.94. The summed E-state index contributed by atoms with van der Waals surface area (Å²) in [5.74, 6) is -0.954. The highest BCUT2D eigenvalue weighted by molar-refractivity contribution is 7.91. The van der Waals surface area contributed by atoms with E-state index in [0.717, 1.165) is 22.8 Å². The van der Waals surface area contributed by atoms with E-state index >= 15 is 0 Å². The second-order valence-electron chi connectivity index (χ2n) is 6.93. The van der Waals surface area contributed by atoms with Gasteiger partial charge in [0, 0.05) is 26.6 Å². The SMILES string of the molecule is CN(C)S(=O)(=O)N1C=NC(C2CC2)(S(=O)(=O)NCc2cccc(OC(F)(F)F)c2)N1. The van der Waals surface area contributed by atoms with Gasteiger partial charge in [0.05, 0.1) is 0 Å². The Labute approximate surface area is 171 Å². The third-order valence-corrected chi connectivity index (χ3v) is 7.95. The van der Waals surface area contributed by atoms with Gasteiger partial charge in [0.25, 0.3) is 10.0 Å². The van der Waals surface area contributed by atoms with Crippen molar-refractivity contribution in [2.75, 3.05) is 14.1 Å². The maximum atomic E-state index is 13.0. The predicted molar refractivity (Wildman–Crippen MR) is 100 cm³/mol. The number of halogens is 3. The summed E-state index contributed by atoms with van der Waals surface area (Å²) < 4.78 is 95.4. The molecule has 1 unspecified atom stereocenters. The van der Waals surface area contributed by atoms with Gasteiger partial charge in [0.2, 0.25) is 4.99 Å². The highest BCUT2D eigenvalue weighted by Crippen LogP contribution is 2.45. The minimum atomic E-state index is -4.88. The van der Waals surface area contributed by atoms with Gasteiger partial charge in [-0.15, -0.1) is 13.2 Å². The minimum absolute atomic E-state index is 0.214. The zero-order chi connectivity index (χ0) is 22.4. The van der Waals surface area contributed by atoms with Crippen LogP contribution in [0.1, 0.15) is 18.4 Å². The summed E-state index contributed by atoms with van der Waals surface area (Å²) in [7, 11) is -5.72. The van der Waals surface area contributed by atoms with Crippen LogP contribution in [-0.4, -0.2) is 57.3 Å². The largest absolute Gasteiger partial charge is 0.573 e. The van der Waals surface area contributed by atoms with Crippen molar-refractivity contribution in [2.24, 2.45) is 10.9 Å². The Bertz CT molecular complexity index is 1040. The van der Waals surface area contributed by atoms with Crippen LogP contribution in [0.2, 0.25) is 0 Å². The number of nitrogens with zero attached hydrogens (tertiary/aromatic N) is 3. The van der Waals surface area contributed by atoms with Crippen LogP contribution in [0.5, 0.6) is 5.75 Å². The fraction of sp³-hybridized carbons (Fsp3) is 0.533. The molecule has 15 heteroatoms. The summed E-state index contributed by atoms with van der Waals surface area (Å²) >= 11 is 0. The van der Waals surface area contributed by atoms with E-state index in [1.54, 1.807) is 0 Å². The number of nitrogens with one attached hydrogen (secondary N) is 2. The number of aliphatic imine (C=N–C) groups is 1. The number of benzene rings is 1. The van der Waals surface area contributed by atoms with Crippen molar-refractivity contribution in [3.05, 3.63) is 29.8 Å². The van der Waals surface area contributed by atoms with Gasteiger partial charge in [-0.05, 0) is 30.5 Å². The Balaban J connectivity index is 1.78. The molecule has 0 spiro atoms. The van der Waals surface area contributed by atoms with Gasteiger partial charge in [-0.2, -0.15) is 22.6 Å². The van der Waals surface area contributed by atoms with Crippen LogP contribution in [0.15, 0.2) is 29.3 Å². The molecule has 1 aliphatic carbocycles. The summed E-state index contributed by atoms with van der Waals surface area (Å²) in [5, 5.41) is 0. The molecule has 1 atom stereocenters. The smallest absolute Gasteiger partial charge is 0.406 e. The van der Waals surface area contributed by atoms with E-state index in [1.165, 1.54) is 26.2 Å². The molecule has 2 N–H and O–H groups in total. The fourth-order valence-corrected chi connectivity index (χ4v) is 5.29. The van der Waals surface area contributed by atoms with Crippen LogP contribution >= 0.6 is 0 Å². The first kappa shape index (κ1) is 22.7. The molecule has 0 aromatic heterocycles. The normalized spacial score (nSPS) is 22.7. The second kappa shape index (κ2) is 7.64. The third kappa shape index (κ3) is 4.54. The van der Waals surface area contributed by atoms with Crippen molar-refractivity contribution in [1.29, 1.82) is 0 Å². The molecular formula is C15H20F3N5O5S2. The number of hydrogen-bond acceptors (Lipinski definition) is 7. The van der Waals surface area contributed by atoms with Gasteiger partial charge < -0.3 is 4.74 Å². The number of alkyl halides is 3. The topological polar surface area (TPSA) is 120 Å². The van der Waals surface area contributed by atoms with E-state index in [9.17, 15) is 30.0 Å². The molecule has 1 aromatic rings. The van der Waals surface area contributed by atoms with Crippen LogP contribution in [0.3, 0.4) is 0 Å². The van der Waals surface area contributed by atoms with E-state index in [4.69, 9.17) is 0 Å². The van der Waals surface area contributed by atoms with Crippen molar-refractivity contribution < 1.29 is 34.7 Å². The van der Waals surface area contributed by atoms with Crippen molar-refractivity contribution in [3.8, 4) is 5.75 Å². The lowest BCUT2D eigenvalue weighted by Crippen LogP contribution is -2.59. The fourth-order valence-electron chi connectivity index (χ4n) is 2.81. The summed E-state index contributed by atoms with van der Waals surface area (Å²) in [6.45, 7) is -0.344.